The number of ether oxygens (including phenoxy) is 2. The molecular formula is C23H21N3O4S. The van der Waals surface area contributed by atoms with E-state index in [0.29, 0.717) is 27.4 Å². The predicted molar refractivity (Wildman–Crippen MR) is 117 cm³/mol. The van der Waals surface area contributed by atoms with Gasteiger partial charge in [0.25, 0.3) is 0 Å². The minimum Gasteiger partial charge on any atom is -0.468 e. The van der Waals surface area contributed by atoms with Gasteiger partial charge in [-0.1, -0.05) is 48.2 Å². The van der Waals surface area contributed by atoms with E-state index in [1.165, 1.54) is 7.11 Å². The van der Waals surface area contributed by atoms with E-state index in [-0.39, 0.29) is 12.4 Å². The number of pyridine rings is 1. The first-order valence-corrected chi connectivity index (χ1v) is 10.6. The maximum absolute atomic E-state index is 13.1. The zero-order chi connectivity index (χ0) is 22.2. The monoisotopic (exact) mass is 435 g/mol. The molecule has 1 aliphatic heterocycles. The van der Waals surface area contributed by atoms with Crippen LogP contribution in [0.15, 0.2) is 71.0 Å². The fraction of sp³-hybridized carbons (Fsp3) is 0.217. The summed E-state index contributed by atoms with van der Waals surface area (Å²) in [5.41, 5.74) is 2.59. The summed E-state index contributed by atoms with van der Waals surface area (Å²) in [6.07, 6.45) is 3.25. The molecule has 31 heavy (non-hydrogen) atoms. The highest BCUT2D eigenvalue weighted by Gasteiger charge is 2.37. The third-order valence-corrected chi connectivity index (χ3v) is 5.58. The lowest BCUT2D eigenvalue weighted by Gasteiger charge is -2.30. The van der Waals surface area contributed by atoms with Crippen LogP contribution in [0.2, 0.25) is 0 Å². The molecule has 0 spiro atoms. The molecular weight excluding hydrogens is 414 g/mol. The molecule has 8 heteroatoms. The molecule has 1 unspecified atom stereocenters. The Morgan fingerprint density at radius 3 is 2.61 bits per heavy atom. The lowest BCUT2D eigenvalue weighted by Crippen LogP contribution is -2.29. The SMILES string of the molecule is CCOC(=O)C1=C(c2ccccc2)NC(SCC(=O)OC)=C(C#N)C1c1cccnc1. The topological polar surface area (TPSA) is 101 Å². The lowest BCUT2D eigenvalue weighted by atomic mass is 9.82. The first-order chi connectivity index (χ1) is 15.1. The second-order valence-electron chi connectivity index (χ2n) is 6.44. The highest BCUT2D eigenvalue weighted by Crippen LogP contribution is 2.43. The molecule has 1 aromatic carbocycles. The number of allylic oxidation sites excluding steroid dienone is 1. The van der Waals surface area contributed by atoms with E-state index < -0.39 is 17.9 Å². The average molecular weight is 436 g/mol. The van der Waals surface area contributed by atoms with Gasteiger partial charge in [0.2, 0.25) is 0 Å². The summed E-state index contributed by atoms with van der Waals surface area (Å²) >= 11 is 1.15. The Morgan fingerprint density at radius 2 is 2.00 bits per heavy atom. The van der Waals surface area contributed by atoms with E-state index >= 15 is 0 Å². The van der Waals surface area contributed by atoms with Crippen molar-refractivity contribution in [2.75, 3.05) is 19.5 Å². The van der Waals surface area contributed by atoms with Gasteiger partial charge < -0.3 is 14.8 Å². The van der Waals surface area contributed by atoms with Crippen molar-refractivity contribution in [3.63, 3.8) is 0 Å². The Bertz CT molecular complexity index is 1060. The molecule has 1 atom stereocenters. The molecule has 1 aliphatic rings. The molecule has 1 aromatic heterocycles. The summed E-state index contributed by atoms with van der Waals surface area (Å²) in [6, 6.07) is 15.1. The average Bonchev–Trinajstić information content (AvgIpc) is 2.82. The molecule has 0 amide bonds. The summed E-state index contributed by atoms with van der Waals surface area (Å²) in [6.45, 7) is 1.92. The Kier molecular flexibility index (Phi) is 7.46. The summed E-state index contributed by atoms with van der Waals surface area (Å²) < 4.78 is 10.1. The van der Waals surface area contributed by atoms with Crippen LogP contribution >= 0.6 is 11.8 Å². The molecule has 0 fully saturated rings. The molecule has 0 bridgehead atoms. The van der Waals surface area contributed by atoms with Gasteiger partial charge in [-0.3, -0.25) is 9.78 Å². The van der Waals surface area contributed by atoms with Crippen molar-refractivity contribution in [2.24, 2.45) is 0 Å². The van der Waals surface area contributed by atoms with Crippen LogP contribution in [0, 0.1) is 11.3 Å². The zero-order valence-corrected chi connectivity index (χ0v) is 17.9. The molecule has 7 nitrogen and oxygen atoms in total. The van der Waals surface area contributed by atoms with Crippen molar-refractivity contribution < 1.29 is 19.1 Å². The van der Waals surface area contributed by atoms with Gasteiger partial charge in [0, 0.05) is 12.4 Å². The minimum atomic E-state index is -0.700. The van der Waals surface area contributed by atoms with Gasteiger partial charge in [-0.15, -0.1) is 0 Å². The van der Waals surface area contributed by atoms with Crippen LogP contribution in [-0.2, 0) is 19.1 Å². The summed E-state index contributed by atoms with van der Waals surface area (Å²) in [4.78, 5) is 29.0. The smallest absolute Gasteiger partial charge is 0.337 e. The molecule has 0 saturated heterocycles. The van der Waals surface area contributed by atoms with Crippen molar-refractivity contribution in [1.29, 1.82) is 5.26 Å². The highest BCUT2D eigenvalue weighted by molar-refractivity contribution is 8.03. The van der Waals surface area contributed by atoms with Crippen LogP contribution in [0.25, 0.3) is 5.70 Å². The van der Waals surface area contributed by atoms with Crippen LogP contribution < -0.4 is 5.32 Å². The largest absolute Gasteiger partial charge is 0.468 e. The van der Waals surface area contributed by atoms with E-state index in [2.05, 4.69) is 16.4 Å². The standard InChI is InChI=1S/C23H21N3O4S/c1-3-30-23(28)20-19(16-10-7-11-25-13-16)17(12-24)22(31-14-18(27)29-2)26-21(20)15-8-5-4-6-9-15/h4-11,13,19,26H,3,14H2,1-2H3. The Labute approximate surface area is 184 Å². The molecule has 158 valence electrons. The molecule has 0 aliphatic carbocycles. The molecule has 1 N–H and O–H groups in total. The Balaban J connectivity index is 2.22. The number of nitrogens with zero attached hydrogens (tertiary/aromatic N) is 2. The van der Waals surface area contributed by atoms with Crippen LogP contribution in [0.1, 0.15) is 24.0 Å². The number of hydrogen-bond donors (Lipinski definition) is 1. The third-order valence-electron chi connectivity index (χ3n) is 4.59. The van der Waals surface area contributed by atoms with E-state index in [9.17, 15) is 14.9 Å². The molecule has 3 rings (SSSR count). The number of benzene rings is 1. The Hall–Kier alpha value is -3.57. The molecule has 0 saturated carbocycles. The van der Waals surface area contributed by atoms with Gasteiger partial charge in [-0.05, 0) is 24.1 Å². The van der Waals surface area contributed by atoms with Crippen molar-refractivity contribution in [3.8, 4) is 6.07 Å². The lowest BCUT2D eigenvalue weighted by molar-refractivity contribution is -0.139. The van der Waals surface area contributed by atoms with E-state index in [0.717, 1.165) is 17.3 Å². The van der Waals surface area contributed by atoms with Gasteiger partial charge in [0.15, 0.2) is 0 Å². The third kappa shape index (κ3) is 4.95. The van der Waals surface area contributed by atoms with Gasteiger partial charge >= 0.3 is 11.9 Å². The maximum Gasteiger partial charge on any atom is 0.337 e. The predicted octanol–water partition coefficient (Wildman–Crippen LogP) is 3.38. The fourth-order valence-electron chi connectivity index (χ4n) is 3.23. The normalized spacial score (nSPS) is 15.7. The minimum absolute atomic E-state index is 0.0145. The van der Waals surface area contributed by atoms with Gasteiger partial charge in [0.1, 0.15) is 0 Å². The van der Waals surface area contributed by atoms with Crippen molar-refractivity contribution in [1.82, 2.24) is 10.3 Å². The second-order valence-corrected chi connectivity index (χ2v) is 7.42. The maximum atomic E-state index is 13.1. The molecule has 2 heterocycles. The highest BCUT2D eigenvalue weighted by atomic mass is 32.2. The number of nitrogens with one attached hydrogen (secondary N) is 1. The quantitative estimate of drug-likeness (QED) is 0.661. The van der Waals surface area contributed by atoms with E-state index in [1.54, 1.807) is 25.4 Å². The van der Waals surface area contributed by atoms with Crippen LogP contribution in [0.4, 0.5) is 0 Å². The van der Waals surface area contributed by atoms with Gasteiger partial charge in [-0.2, -0.15) is 5.26 Å². The summed E-state index contributed by atoms with van der Waals surface area (Å²) in [7, 11) is 1.31. The van der Waals surface area contributed by atoms with Crippen LogP contribution in [-0.4, -0.2) is 36.4 Å². The number of nitriles is 1. The number of thioether (sulfide) groups is 1. The fourth-order valence-corrected chi connectivity index (χ4v) is 4.10. The zero-order valence-electron chi connectivity index (χ0n) is 17.1. The number of methoxy groups -OCH3 is 1. The van der Waals surface area contributed by atoms with Gasteiger partial charge in [0.05, 0.1) is 53.3 Å². The van der Waals surface area contributed by atoms with Crippen molar-refractivity contribution >= 4 is 29.4 Å². The summed E-state index contributed by atoms with van der Waals surface area (Å²) in [5, 5.41) is 13.7. The second kappa shape index (κ2) is 10.5. The van der Waals surface area contributed by atoms with Crippen LogP contribution in [0.5, 0.6) is 0 Å². The number of carbonyl (C=O) groups excluding carboxylic acids is 2. The van der Waals surface area contributed by atoms with Crippen molar-refractivity contribution in [2.45, 2.75) is 12.8 Å². The van der Waals surface area contributed by atoms with Crippen molar-refractivity contribution in [3.05, 3.63) is 82.2 Å². The van der Waals surface area contributed by atoms with Crippen LogP contribution in [0.3, 0.4) is 0 Å². The number of esters is 2. The number of dihydropyridines is 1. The van der Waals surface area contributed by atoms with Gasteiger partial charge in [-0.25, -0.2) is 4.79 Å². The van der Waals surface area contributed by atoms with E-state index in [4.69, 9.17) is 9.47 Å². The summed E-state index contributed by atoms with van der Waals surface area (Å²) in [5.74, 6) is -1.63. The van der Waals surface area contributed by atoms with E-state index in [1.807, 2.05) is 36.4 Å². The first kappa shape index (κ1) is 22.1. The molecule has 2 aromatic rings. The number of aromatic nitrogens is 1. The first-order valence-electron chi connectivity index (χ1n) is 9.58. The molecule has 0 radical (unpaired) electrons. The Morgan fingerprint density at radius 1 is 1.23 bits per heavy atom. The number of hydrogen-bond acceptors (Lipinski definition) is 8. The number of carbonyl (C=O) groups is 2. The number of rotatable bonds is 7.